The lowest BCUT2D eigenvalue weighted by Gasteiger charge is -2.26. The largest absolute Gasteiger partial charge is 0.295 e. The summed E-state index contributed by atoms with van der Waals surface area (Å²) in [7, 11) is 0. The SMILES string of the molecule is Br.Cc1nc(CN2NC(N)(c3ccccc3)NN2c2ccccc2)sc1C. The third kappa shape index (κ3) is 4.06. The Balaban J connectivity index is 0.00000210. The van der Waals surface area contributed by atoms with Crippen molar-refractivity contribution < 1.29 is 0 Å². The Bertz CT molecular complexity index is 868. The molecule has 27 heavy (non-hydrogen) atoms. The van der Waals surface area contributed by atoms with Gasteiger partial charge in [0, 0.05) is 10.4 Å². The molecule has 0 radical (unpaired) electrons. The molecule has 0 amide bonds. The van der Waals surface area contributed by atoms with Crippen molar-refractivity contribution in [2.24, 2.45) is 5.73 Å². The molecule has 8 heteroatoms. The van der Waals surface area contributed by atoms with Gasteiger partial charge < -0.3 is 0 Å². The number of thiazole rings is 1. The number of nitrogens with one attached hydrogen (secondary N) is 2. The molecule has 0 spiro atoms. The maximum absolute atomic E-state index is 6.66. The molecule has 0 bridgehead atoms. The molecule has 0 saturated carbocycles. The van der Waals surface area contributed by atoms with Crippen molar-refractivity contribution >= 4 is 34.0 Å². The van der Waals surface area contributed by atoms with E-state index in [2.05, 4.69) is 22.8 Å². The van der Waals surface area contributed by atoms with Crippen molar-refractivity contribution in [2.75, 3.05) is 5.12 Å². The van der Waals surface area contributed by atoms with E-state index in [0.717, 1.165) is 22.0 Å². The minimum absolute atomic E-state index is 0. The van der Waals surface area contributed by atoms with E-state index in [1.807, 2.05) is 77.8 Å². The van der Waals surface area contributed by atoms with Gasteiger partial charge in [-0.2, -0.15) is 10.9 Å². The van der Waals surface area contributed by atoms with Gasteiger partial charge in [0.2, 0.25) is 0 Å². The van der Waals surface area contributed by atoms with E-state index < -0.39 is 5.79 Å². The first-order valence-electron chi connectivity index (χ1n) is 8.51. The fourth-order valence-electron chi connectivity index (χ4n) is 2.95. The third-order valence-corrected chi connectivity index (χ3v) is 5.47. The van der Waals surface area contributed by atoms with Crippen molar-refractivity contribution in [3.05, 3.63) is 81.8 Å². The van der Waals surface area contributed by atoms with Gasteiger partial charge in [0.15, 0.2) is 5.79 Å². The Morgan fingerprint density at radius 1 is 1.00 bits per heavy atom. The maximum atomic E-state index is 6.66. The monoisotopic (exact) mass is 446 g/mol. The van der Waals surface area contributed by atoms with Gasteiger partial charge in [-0.1, -0.05) is 48.5 Å². The number of benzene rings is 2. The van der Waals surface area contributed by atoms with Crippen LogP contribution in [0.25, 0.3) is 0 Å². The summed E-state index contributed by atoms with van der Waals surface area (Å²) in [5.41, 5.74) is 16.5. The van der Waals surface area contributed by atoms with Gasteiger partial charge in [0.25, 0.3) is 0 Å². The van der Waals surface area contributed by atoms with E-state index in [1.54, 1.807) is 11.3 Å². The van der Waals surface area contributed by atoms with E-state index in [1.165, 1.54) is 4.88 Å². The van der Waals surface area contributed by atoms with Gasteiger partial charge in [-0.15, -0.1) is 33.4 Å². The Labute approximate surface area is 173 Å². The van der Waals surface area contributed by atoms with Gasteiger partial charge >= 0.3 is 0 Å². The molecule has 4 N–H and O–H groups in total. The molecule has 1 saturated heterocycles. The quantitative estimate of drug-likeness (QED) is 0.570. The Morgan fingerprint density at radius 2 is 1.63 bits per heavy atom. The van der Waals surface area contributed by atoms with Gasteiger partial charge in [-0.05, 0) is 26.0 Å². The number of aromatic nitrogens is 1. The molecule has 142 valence electrons. The minimum atomic E-state index is -0.904. The molecule has 4 rings (SSSR count). The average Bonchev–Trinajstić information content (AvgIpc) is 3.16. The van der Waals surface area contributed by atoms with Gasteiger partial charge in [-0.3, -0.25) is 5.73 Å². The molecule has 1 unspecified atom stereocenters. The highest BCUT2D eigenvalue weighted by molar-refractivity contribution is 8.93. The molecule has 2 aromatic carbocycles. The topological polar surface area (TPSA) is 69.5 Å². The number of hydrogen-bond donors (Lipinski definition) is 3. The fraction of sp³-hybridized carbons (Fsp3) is 0.211. The van der Waals surface area contributed by atoms with Crippen molar-refractivity contribution in [3.8, 4) is 0 Å². The second-order valence-electron chi connectivity index (χ2n) is 6.35. The highest BCUT2D eigenvalue weighted by Gasteiger charge is 2.41. The Morgan fingerprint density at radius 3 is 2.22 bits per heavy atom. The molecular weight excluding hydrogens is 424 g/mol. The van der Waals surface area contributed by atoms with Crippen molar-refractivity contribution in [2.45, 2.75) is 26.2 Å². The molecule has 2 heterocycles. The van der Waals surface area contributed by atoms with Gasteiger partial charge in [0.05, 0.1) is 17.9 Å². The number of rotatable bonds is 4. The number of hydrogen-bond acceptors (Lipinski definition) is 7. The van der Waals surface area contributed by atoms with Crippen LogP contribution < -0.4 is 21.7 Å². The Hall–Kier alpha value is -1.81. The smallest absolute Gasteiger partial charge is 0.180 e. The number of aryl methyl sites for hydroxylation is 2. The maximum Gasteiger partial charge on any atom is 0.180 e. The van der Waals surface area contributed by atoms with Crippen LogP contribution in [0.15, 0.2) is 60.7 Å². The van der Waals surface area contributed by atoms with E-state index in [0.29, 0.717) is 6.54 Å². The average molecular weight is 447 g/mol. The zero-order valence-corrected chi connectivity index (χ0v) is 17.7. The molecule has 1 atom stereocenters. The summed E-state index contributed by atoms with van der Waals surface area (Å²) in [6.07, 6.45) is 0. The highest BCUT2D eigenvalue weighted by Crippen LogP contribution is 2.27. The number of nitrogens with two attached hydrogens (primary N) is 1. The van der Waals surface area contributed by atoms with Crippen LogP contribution in [0.1, 0.15) is 21.1 Å². The van der Waals surface area contributed by atoms with E-state index in [9.17, 15) is 0 Å². The minimum Gasteiger partial charge on any atom is -0.295 e. The molecular formula is C19H23BrN6S. The van der Waals surface area contributed by atoms with Gasteiger partial charge in [-0.25, -0.2) is 10.1 Å². The summed E-state index contributed by atoms with van der Waals surface area (Å²) in [5, 5.41) is 4.95. The van der Waals surface area contributed by atoms with Crippen molar-refractivity contribution in [3.63, 3.8) is 0 Å². The lowest BCUT2D eigenvalue weighted by Crippen LogP contribution is -2.56. The van der Waals surface area contributed by atoms with Crippen LogP contribution in [0.5, 0.6) is 0 Å². The van der Waals surface area contributed by atoms with Crippen LogP contribution in [0.2, 0.25) is 0 Å². The van der Waals surface area contributed by atoms with Crippen LogP contribution in [-0.2, 0) is 12.3 Å². The van der Waals surface area contributed by atoms with Crippen LogP contribution >= 0.6 is 28.3 Å². The molecule has 6 nitrogen and oxygen atoms in total. The molecule has 1 aliphatic rings. The first kappa shape index (κ1) is 19.9. The lowest BCUT2D eigenvalue weighted by atomic mass is 10.1. The van der Waals surface area contributed by atoms with Crippen LogP contribution in [0.3, 0.4) is 0 Å². The third-order valence-electron chi connectivity index (χ3n) is 4.42. The highest BCUT2D eigenvalue weighted by atomic mass is 79.9. The first-order valence-corrected chi connectivity index (χ1v) is 9.32. The number of nitrogens with zero attached hydrogens (tertiary/aromatic N) is 3. The molecule has 3 aromatic rings. The number of halogens is 1. The summed E-state index contributed by atoms with van der Waals surface area (Å²) in [5.74, 6) is -0.904. The lowest BCUT2D eigenvalue weighted by molar-refractivity contribution is 0.173. The predicted molar refractivity (Wildman–Crippen MR) is 115 cm³/mol. The zero-order valence-electron chi connectivity index (χ0n) is 15.2. The second kappa shape index (κ2) is 8.05. The zero-order chi connectivity index (χ0) is 18.1. The summed E-state index contributed by atoms with van der Waals surface area (Å²) in [4.78, 5) is 5.90. The Kier molecular flexibility index (Phi) is 5.95. The predicted octanol–water partition coefficient (Wildman–Crippen LogP) is 3.35. The number of hydrazine groups is 3. The molecule has 1 aromatic heterocycles. The van der Waals surface area contributed by atoms with Crippen LogP contribution in [0, 0.1) is 13.8 Å². The van der Waals surface area contributed by atoms with E-state index in [-0.39, 0.29) is 17.0 Å². The summed E-state index contributed by atoms with van der Waals surface area (Å²) < 4.78 is 0. The normalized spacial score (nSPS) is 19.9. The summed E-state index contributed by atoms with van der Waals surface area (Å²) >= 11 is 1.71. The number of para-hydroxylation sites is 1. The standard InChI is InChI=1S/C19H22N6S.BrH/c1-14-15(2)26-18(21-14)13-24-22-19(20,16-9-5-3-6-10-16)23-25(24)17-11-7-4-8-12-17;/h3-12,22-23H,13,20H2,1-2H3;1H. The van der Waals surface area contributed by atoms with E-state index in [4.69, 9.17) is 5.73 Å². The molecule has 1 fully saturated rings. The van der Waals surface area contributed by atoms with E-state index >= 15 is 0 Å². The van der Waals surface area contributed by atoms with Gasteiger partial charge in [0.1, 0.15) is 5.01 Å². The first-order chi connectivity index (χ1) is 12.5. The van der Waals surface area contributed by atoms with Crippen molar-refractivity contribution in [1.29, 1.82) is 0 Å². The van der Waals surface area contributed by atoms with Crippen LogP contribution in [-0.4, -0.2) is 10.1 Å². The number of anilines is 1. The molecule has 1 aliphatic heterocycles. The second-order valence-corrected chi connectivity index (χ2v) is 7.64. The summed E-state index contributed by atoms with van der Waals surface area (Å²) in [6, 6.07) is 20.0. The fourth-order valence-corrected chi connectivity index (χ4v) is 3.87. The van der Waals surface area contributed by atoms with Crippen molar-refractivity contribution in [1.82, 2.24) is 21.0 Å². The summed E-state index contributed by atoms with van der Waals surface area (Å²) in [6.45, 7) is 4.74. The van der Waals surface area contributed by atoms with Crippen LogP contribution in [0.4, 0.5) is 5.69 Å². The molecule has 0 aliphatic carbocycles.